The molecule has 0 amide bonds. The van der Waals surface area contributed by atoms with Crippen LogP contribution in [0.3, 0.4) is 0 Å². The van der Waals surface area contributed by atoms with E-state index < -0.39 is 0 Å². The van der Waals surface area contributed by atoms with Gasteiger partial charge in [-0.3, -0.25) is 9.69 Å². The first-order chi connectivity index (χ1) is 8.56. The van der Waals surface area contributed by atoms with Crippen molar-refractivity contribution in [3.8, 4) is 0 Å². The maximum atomic E-state index is 11.7. The molecule has 2 unspecified atom stereocenters. The van der Waals surface area contributed by atoms with Gasteiger partial charge in [0.05, 0.1) is 7.11 Å². The van der Waals surface area contributed by atoms with E-state index in [0.29, 0.717) is 12.0 Å². The molecule has 0 aromatic heterocycles. The number of nitrogens with one attached hydrogen (secondary N) is 1. The molecule has 0 bridgehead atoms. The zero-order valence-electron chi connectivity index (χ0n) is 12.2. The molecule has 2 atom stereocenters. The van der Waals surface area contributed by atoms with Crippen molar-refractivity contribution in [2.75, 3.05) is 26.7 Å². The van der Waals surface area contributed by atoms with Crippen molar-refractivity contribution in [1.82, 2.24) is 10.2 Å². The summed E-state index contributed by atoms with van der Waals surface area (Å²) >= 11 is 0. The van der Waals surface area contributed by atoms with Gasteiger partial charge in [-0.25, -0.2) is 0 Å². The number of methoxy groups -OCH3 is 1. The molecule has 0 saturated carbocycles. The molecule has 106 valence electrons. The Morgan fingerprint density at radius 1 is 1.39 bits per heavy atom. The van der Waals surface area contributed by atoms with Crippen molar-refractivity contribution >= 4 is 5.97 Å². The third-order valence-corrected chi connectivity index (χ3v) is 3.64. The highest BCUT2D eigenvalue weighted by Gasteiger charge is 2.30. The highest BCUT2D eigenvalue weighted by atomic mass is 16.5. The first kappa shape index (κ1) is 15.4. The second kappa shape index (κ2) is 7.74. The van der Waals surface area contributed by atoms with E-state index in [0.717, 1.165) is 19.6 Å². The Kier molecular flexibility index (Phi) is 6.65. The predicted molar refractivity (Wildman–Crippen MR) is 73.5 cm³/mol. The van der Waals surface area contributed by atoms with Crippen LogP contribution in [0, 0.1) is 5.92 Å². The second-order valence-electron chi connectivity index (χ2n) is 5.64. The van der Waals surface area contributed by atoms with E-state index in [1.54, 1.807) is 0 Å². The van der Waals surface area contributed by atoms with Crippen LogP contribution in [-0.4, -0.2) is 49.7 Å². The van der Waals surface area contributed by atoms with E-state index in [4.69, 9.17) is 4.74 Å². The number of likely N-dealkylation sites (tertiary alicyclic amines) is 1. The molecule has 18 heavy (non-hydrogen) atoms. The molecule has 1 N–H and O–H groups in total. The fraction of sp³-hybridized carbons (Fsp3) is 0.929. The molecule has 0 aliphatic carbocycles. The summed E-state index contributed by atoms with van der Waals surface area (Å²) in [5.41, 5.74) is 0. The van der Waals surface area contributed by atoms with Crippen molar-refractivity contribution in [1.29, 1.82) is 0 Å². The Morgan fingerprint density at radius 2 is 2.11 bits per heavy atom. The zero-order valence-corrected chi connectivity index (χ0v) is 12.2. The molecule has 0 spiro atoms. The van der Waals surface area contributed by atoms with Crippen molar-refractivity contribution in [3.63, 3.8) is 0 Å². The summed E-state index contributed by atoms with van der Waals surface area (Å²) in [6.45, 7) is 9.39. The number of hydrogen-bond donors (Lipinski definition) is 1. The number of nitrogens with zero attached hydrogens (tertiary/aromatic N) is 1. The number of hydrogen-bond acceptors (Lipinski definition) is 4. The monoisotopic (exact) mass is 256 g/mol. The lowest BCUT2D eigenvalue weighted by Gasteiger charge is -2.38. The molecule has 1 fully saturated rings. The van der Waals surface area contributed by atoms with Crippen LogP contribution in [0.1, 0.15) is 40.0 Å². The minimum atomic E-state index is -0.124. The molecule has 0 aromatic rings. The van der Waals surface area contributed by atoms with Gasteiger partial charge in [-0.05, 0) is 38.8 Å². The standard InChI is InChI=1S/C14H28N2O2/c1-11(2)9-15-10-13-7-5-6-8-16(13)12(3)14(17)18-4/h11-13,15H,5-10H2,1-4H3. The highest BCUT2D eigenvalue weighted by molar-refractivity contribution is 5.75. The fourth-order valence-corrected chi connectivity index (χ4v) is 2.60. The van der Waals surface area contributed by atoms with Crippen molar-refractivity contribution in [2.45, 2.75) is 52.1 Å². The summed E-state index contributed by atoms with van der Waals surface area (Å²) in [7, 11) is 1.47. The van der Waals surface area contributed by atoms with E-state index in [-0.39, 0.29) is 12.0 Å². The van der Waals surface area contributed by atoms with E-state index in [9.17, 15) is 4.79 Å². The first-order valence-electron chi connectivity index (χ1n) is 7.10. The molecule has 1 aliphatic rings. The van der Waals surface area contributed by atoms with Gasteiger partial charge in [0, 0.05) is 12.6 Å². The summed E-state index contributed by atoms with van der Waals surface area (Å²) < 4.78 is 4.86. The van der Waals surface area contributed by atoms with Gasteiger partial charge >= 0.3 is 5.97 Å². The lowest BCUT2D eigenvalue weighted by molar-refractivity contribution is -0.147. The van der Waals surface area contributed by atoms with Crippen LogP contribution in [-0.2, 0) is 9.53 Å². The molecular weight excluding hydrogens is 228 g/mol. The molecule has 4 heteroatoms. The topological polar surface area (TPSA) is 41.6 Å². The molecule has 4 nitrogen and oxygen atoms in total. The smallest absolute Gasteiger partial charge is 0.322 e. The Labute approximate surface area is 111 Å². The summed E-state index contributed by atoms with van der Waals surface area (Å²) in [5.74, 6) is 0.547. The van der Waals surface area contributed by atoms with Crippen molar-refractivity contribution in [2.24, 2.45) is 5.92 Å². The lowest BCUT2D eigenvalue weighted by atomic mass is 9.99. The fourth-order valence-electron chi connectivity index (χ4n) is 2.60. The van der Waals surface area contributed by atoms with Gasteiger partial charge in [-0.15, -0.1) is 0 Å². The van der Waals surface area contributed by atoms with E-state index >= 15 is 0 Å². The van der Waals surface area contributed by atoms with Gasteiger partial charge in [0.2, 0.25) is 0 Å². The van der Waals surface area contributed by atoms with E-state index in [1.807, 2.05) is 6.92 Å². The number of carbonyl (C=O) groups excluding carboxylic acids is 1. The Morgan fingerprint density at radius 3 is 2.72 bits per heavy atom. The Bertz CT molecular complexity index is 256. The number of esters is 1. The minimum absolute atomic E-state index is 0.120. The number of ether oxygens (including phenoxy) is 1. The van der Waals surface area contributed by atoms with Crippen LogP contribution in [0.4, 0.5) is 0 Å². The Balaban J connectivity index is 2.48. The van der Waals surface area contributed by atoms with Crippen LogP contribution in [0.2, 0.25) is 0 Å². The van der Waals surface area contributed by atoms with Crippen molar-refractivity contribution < 1.29 is 9.53 Å². The lowest BCUT2D eigenvalue weighted by Crippen LogP contribution is -2.52. The normalized spacial score (nSPS) is 23.1. The van der Waals surface area contributed by atoms with Crippen LogP contribution < -0.4 is 5.32 Å². The van der Waals surface area contributed by atoms with Gasteiger partial charge in [-0.2, -0.15) is 0 Å². The maximum absolute atomic E-state index is 11.7. The second-order valence-corrected chi connectivity index (χ2v) is 5.64. The van der Waals surface area contributed by atoms with Crippen LogP contribution >= 0.6 is 0 Å². The summed E-state index contributed by atoms with van der Waals surface area (Å²) in [4.78, 5) is 13.9. The molecule has 1 saturated heterocycles. The summed E-state index contributed by atoms with van der Waals surface area (Å²) in [6.07, 6.45) is 3.62. The molecule has 1 rings (SSSR count). The van der Waals surface area contributed by atoms with Crippen LogP contribution in [0.25, 0.3) is 0 Å². The van der Waals surface area contributed by atoms with E-state index in [1.165, 1.54) is 26.4 Å². The summed E-state index contributed by atoms with van der Waals surface area (Å²) in [6, 6.07) is 0.341. The van der Waals surface area contributed by atoms with Gasteiger partial charge in [-0.1, -0.05) is 20.3 Å². The molecule has 1 heterocycles. The van der Waals surface area contributed by atoms with Crippen molar-refractivity contribution in [3.05, 3.63) is 0 Å². The van der Waals surface area contributed by atoms with Gasteiger partial charge in [0.25, 0.3) is 0 Å². The molecular formula is C14H28N2O2. The highest BCUT2D eigenvalue weighted by Crippen LogP contribution is 2.19. The van der Waals surface area contributed by atoms with Gasteiger partial charge in [0.15, 0.2) is 0 Å². The third-order valence-electron chi connectivity index (χ3n) is 3.64. The quantitative estimate of drug-likeness (QED) is 0.734. The molecule has 0 radical (unpaired) electrons. The van der Waals surface area contributed by atoms with Gasteiger partial charge < -0.3 is 10.1 Å². The van der Waals surface area contributed by atoms with E-state index in [2.05, 4.69) is 24.1 Å². The zero-order chi connectivity index (χ0) is 13.5. The number of carbonyl (C=O) groups is 1. The minimum Gasteiger partial charge on any atom is -0.468 e. The van der Waals surface area contributed by atoms with Crippen LogP contribution in [0.5, 0.6) is 0 Å². The first-order valence-corrected chi connectivity index (χ1v) is 7.10. The SMILES string of the molecule is COC(=O)C(C)N1CCCCC1CNCC(C)C. The summed E-state index contributed by atoms with van der Waals surface area (Å²) in [5, 5.41) is 3.50. The average molecular weight is 256 g/mol. The largest absolute Gasteiger partial charge is 0.468 e. The maximum Gasteiger partial charge on any atom is 0.322 e. The molecule has 0 aromatic carbocycles. The third kappa shape index (κ3) is 4.58. The average Bonchev–Trinajstić information content (AvgIpc) is 2.37. The van der Waals surface area contributed by atoms with Crippen LogP contribution in [0.15, 0.2) is 0 Å². The molecule has 1 aliphatic heterocycles. The van der Waals surface area contributed by atoms with Gasteiger partial charge in [0.1, 0.15) is 6.04 Å². The predicted octanol–water partition coefficient (Wildman–Crippen LogP) is 1.65. The number of piperidine rings is 1. The number of rotatable bonds is 6. The Hall–Kier alpha value is -0.610.